The van der Waals surface area contributed by atoms with Crippen molar-refractivity contribution in [2.75, 3.05) is 31.0 Å². The summed E-state index contributed by atoms with van der Waals surface area (Å²) in [6.07, 6.45) is 6.95. The molecule has 0 spiro atoms. The van der Waals surface area contributed by atoms with Gasteiger partial charge in [0.2, 0.25) is 0 Å². The number of ether oxygens (including phenoxy) is 1. The van der Waals surface area contributed by atoms with Gasteiger partial charge >= 0.3 is 0 Å². The van der Waals surface area contributed by atoms with E-state index in [2.05, 4.69) is 21.8 Å². The monoisotopic (exact) mass is 658 g/mol. The molecule has 0 aliphatic heterocycles. The van der Waals surface area contributed by atoms with Gasteiger partial charge in [0.15, 0.2) is 5.78 Å². The molecule has 4 aromatic rings. The molecule has 0 radical (unpaired) electrons. The van der Waals surface area contributed by atoms with Crippen LogP contribution in [0.1, 0.15) is 65.6 Å². The highest BCUT2D eigenvalue weighted by Gasteiger charge is 2.15. The summed E-state index contributed by atoms with van der Waals surface area (Å²) < 4.78 is 33.5. The summed E-state index contributed by atoms with van der Waals surface area (Å²) in [4.78, 5) is 15.5. The molecule has 0 aliphatic carbocycles. The molecule has 47 heavy (non-hydrogen) atoms. The normalized spacial score (nSPS) is 11.5. The third-order valence-electron chi connectivity index (χ3n) is 7.96. The first kappa shape index (κ1) is 35.8. The number of benzene rings is 4. The number of ketones is 1. The second kappa shape index (κ2) is 19.0. The van der Waals surface area contributed by atoms with Gasteiger partial charge in [0.1, 0.15) is 5.75 Å². The highest BCUT2D eigenvalue weighted by atomic mass is 32.2. The predicted octanol–water partition coefficient (Wildman–Crippen LogP) is 6.97. The zero-order chi connectivity index (χ0) is 33.3. The molecule has 0 aliphatic rings. The Morgan fingerprint density at radius 2 is 1.40 bits per heavy atom. The third-order valence-corrected chi connectivity index (χ3v) is 9.36. The molecule has 0 saturated heterocycles. The molecule has 0 bridgehead atoms. The highest BCUT2D eigenvalue weighted by molar-refractivity contribution is 7.92. The van der Waals surface area contributed by atoms with Crippen LogP contribution in [-0.4, -0.2) is 55.6 Å². The van der Waals surface area contributed by atoms with Crippen LogP contribution >= 0.6 is 0 Å². The number of rotatable bonds is 21. The van der Waals surface area contributed by atoms with Crippen molar-refractivity contribution in [1.29, 1.82) is 0 Å². The van der Waals surface area contributed by atoms with Crippen LogP contribution in [-0.2, 0) is 34.3 Å². The van der Waals surface area contributed by atoms with Gasteiger partial charge in [-0.05, 0) is 92.2 Å². The number of anilines is 1. The Morgan fingerprint density at radius 3 is 2.11 bits per heavy atom. The number of aliphatic hydroxyl groups is 1. The lowest BCUT2D eigenvalue weighted by Crippen LogP contribution is -2.30. The van der Waals surface area contributed by atoms with E-state index in [1.807, 2.05) is 30.3 Å². The van der Waals surface area contributed by atoms with Gasteiger partial charge in [-0.1, -0.05) is 73.5 Å². The van der Waals surface area contributed by atoms with Gasteiger partial charge in [-0.3, -0.25) is 14.4 Å². The van der Waals surface area contributed by atoms with Crippen LogP contribution in [0.3, 0.4) is 0 Å². The van der Waals surface area contributed by atoms with E-state index in [0.717, 1.165) is 75.8 Å². The number of unbranched alkanes of at least 4 members (excludes halogenated alkanes) is 4. The molecule has 0 saturated carbocycles. The maximum absolute atomic E-state index is 13.0. The number of Topliss-reactive ketones (excluding diaryl/α,β-unsaturated/α-hetero) is 1. The molecule has 3 N–H and O–H groups in total. The number of aryl methyl sites for hydroxylation is 1. The SMILES string of the molecule is O=C(CN(CCCCCCOCCCCc1ccc(NS(=O)(=O)c2ccccc2)cc1)Cc1ccccc1)c1ccc(O)c(CO)c1. The summed E-state index contributed by atoms with van der Waals surface area (Å²) in [6, 6.07) is 30.6. The summed E-state index contributed by atoms with van der Waals surface area (Å²) in [5.41, 5.74) is 3.70. The fourth-order valence-corrected chi connectivity index (χ4v) is 6.40. The van der Waals surface area contributed by atoms with E-state index >= 15 is 0 Å². The smallest absolute Gasteiger partial charge is 0.261 e. The molecule has 4 rings (SSSR count). The number of nitrogens with zero attached hydrogens (tertiary/aromatic N) is 1. The molecule has 8 nitrogen and oxygen atoms in total. The lowest BCUT2D eigenvalue weighted by Gasteiger charge is -2.22. The van der Waals surface area contributed by atoms with E-state index in [1.165, 1.54) is 6.07 Å². The van der Waals surface area contributed by atoms with E-state index < -0.39 is 10.0 Å². The van der Waals surface area contributed by atoms with Crippen molar-refractivity contribution in [3.8, 4) is 5.75 Å². The number of hydrogen-bond donors (Lipinski definition) is 3. The number of nitrogens with one attached hydrogen (secondary N) is 1. The van der Waals surface area contributed by atoms with Crippen molar-refractivity contribution in [3.05, 3.63) is 125 Å². The van der Waals surface area contributed by atoms with Gasteiger partial charge in [-0.2, -0.15) is 0 Å². The first-order chi connectivity index (χ1) is 22.8. The number of sulfonamides is 1. The number of aliphatic hydroxyl groups excluding tert-OH is 1. The summed E-state index contributed by atoms with van der Waals surface area (Å²) >= 11 is 0. The summed E-state index contributed by atoms with van der Waals surface area (Å²) in [5.74, 6) is -0.0433. The fourth-order valence-electron chi connectivity index (χ4n) is 5.32. The number of hydrogen-bond acceptors (Lipinski definition) is 7. The van der Waals surface area contributed by atoms with E-state index in [9.17, 15) is 23.4 Å². The maximum atomic E-state index is 13.0. The molecule has 0 atom stereocenters. The molecule has 0 aromatic heterocycles. The average molecular weight is 659 g/mol. The number of aromatic hydroxyl groups is 1. The van der Waals surface area contributed by atoms with Gasteiger partial charge in [0.05, 0.1) is 18.0 Å². The predicted molar refractivity (Wildman–Crippen MR) is 186 cm³/mol. The Labute approximate surface area is 279 Å². The lowest BCUT2D eigenvalue weighted by atomic mass is 10.1. The average Bonchev–Trinajstić information content (AvgIpc) is 3.08. The lowest BCUT2D eigenvalue weighted by molar-refractivity contribution is 0.0923. The number of carbonyl (C=O) groups excluding carboxylic acids is 1. The maximum Gasteiger partial charge on any atom is 0.261 e. The molecular weight excluding hydrogens is 612 g/mol. The van der Waals surface area contributed by atoms with Gasteiger partial charge in [-0.15, -0.1) is 0 Å². The van der Waals surface area contributed by atoms with Crippen LogP contribution in [0.15, 0.2) is 108 Å². The van der Waals surface area contributed by atoms with Gasteiger partial charge in [0, 0.05) is 36.6 Å². The van der Waals surface area contributed by atoms with Gasteiger partial charge in [0.25, 0.3) is 10.0 Å². The standard InChI is InChI=1S/C38H46N2O6S/c41-30-34-27-33(20-23-37(34)42)38(43)29-40(28-32-14-5-3-6-15-32)24-10-1-2-11-25-46-26-12-9-13-31-18-21-35(22-19-31)39-47(44,45)36-16-7-4-8-17-36/h3-8,14-23,27,39,41-42H,1-2,9-13,24-26,28-30H2. The van der Waals surface area contributed by atoms with E-state index in [0.29, 0.717) is 23.4 Å². The topological polar surface area (TPSA) is 116 Å². The molecule has 4 aromatic carbocycles. The molecule has 0 fully saturated rings. The van der Waals surface area contributed by atoms with Crippen LogP contribution in [0.4, 0.5) is 5.69 Å². The highest BCUT2D eigenvalue weighted by Crippen LogP contribution is 2.20. The molecule has 250 valence electrons. The fraction of sp³-hybridized carbons (Fsp3) is 0.342. The zero-order valence-corrected chi connectivity index (χ0v) is 27.7. The molecular formula is C38H46N2O6S. The van der Waals surface area contributed by atoms with Gasteiger partial charge < -0.3 is 14.9 Å². The molecule has 9 heteroatoms. The zero-order valence-electron chi connectivity index (χ0n) is 26.9. The summed E-state index contributed by atoms with van der Waals surface area (Å²) in [7, 11) is -3.59. The largest absolute Gasteiger partial charge is 0.508 e. The summed E-state index contributed by atoms with van der Waals surface area (Å²) in [6.45, 7) is 2.88. The van der Waals surface area contributed by atoms with Crippen LogP contribution in [0.25, 0.3) is 0 Å². The second-order valence-corrected chi connectivity index (χ2v) is 13.4. The van der Waals surface area contributed by atoms with E-state index in [-0.39, 0.29) is 29.6 Å². The van der Waals surface area contributed by atoms with Crippen molar-refractivity contribution in [3.63, 3.8) is 0 Å². The Bertz CT molecular complexity index is 1610. The van der Waals surface area contributed by atoms with Crippen LogP contribution < -0.4 is 4.72 Å². The van der Waals surface area contributed by atoms with Gasteiger partial charge in [-0.25, -0.2) is 8.42 Å². The molecule has 0 amide bonds. The molecule has 0 heterocycles. The Morgan fingerprint density at radius 1 is 0.745 bits per heavy atom. The van der Waals surface area contributed by atoms with Crippen LogP contribution in [0, 0.1) is 0 Å². The number of carbonyl (C=O) groups is 1. The Balaban J connectivity index is 1.08. The number of phenols is 1. The van der Waals surface area contributed by atoms with Crippen molar-refractivity contribution in [1.82, 2.24) is 4.90 Å². The minimum absolute atomic E-state index is 0.00846. The minimum atomic E-state index is -3.59. The van der Waals surface area contributed by atoms with Crippen molar-refractivity contribution in [2.24, 2.45) is 0 Å². The Kier molecular flexibility index (Phi) is 14.5. The minimum Gasteiger partial charge on any atom is -0.508 e. The van der Waals surface area contributed by atoms with E-state index in [4.69, 9.17) is 4.74 Å². The van der Waals surface area contributed by atoms with Crippen molar-refractivity contribution >= 4 is 21.5 Å². The second-order valence-electron chi connectivity index (χ2n) is 11.7. The molecule has 0 unspecified atom stereocenters. The third kappa shape index (κ3) is 12.3. The van der Waals surface area contributed by atoms with Crippen LogP contribution in [0.5, 0.6) is 5.75 Å². The van der Waals surface area contributed by atoms with E-state index in [1.54, 1.807) is 54.6 Å². The summed E-state index contributed by atoms with van der Waals surface area (Å²) in [5, 5.41) is 19.3. The first-order valence-electron chi connectivity index (χ1n) is 16.3. The Hall–Kier alpha value is -4.02. The van der Waals surface area contributed by atoms with Crippen molar-refractivity contribution < 1.29 is 28.2 Å². The van der Waals surface area contributed by atoms with Crippen molar-refractivity contribution in [2.45, 2.75) is 63.0 Å². The first-order valence-corrected chi connectivity index (χ1v) is 17.8. The quantitative estimate of drug-likeness (QED) is 0.0654. The van der Waals surface area contributed by atoms with Crippen LogP contribution in [0.2, 0.25) is 0 Å².